The van der Waals surface area contributed by atoms with E-state index in [4.69, 9.17) is 14.2 Å². The van der Waals surface area contributed by atoms with Gasteiger partial charge in [0, 0.05) is 18.9 Å². The number of ketones is 1. The highest BCUT2D eigenvalue weighted by atomic mass is 16.6. The summed E-state index contributed by atoms with van der Waals surface area (Å²) in [6.45, 7) is 9.46. The van der Waals surface area contributed by atoms with Crippen molar-refractivity contribution in [3.8, 4) is 0 Å². The molecule has 0 radical (unpaired) electrons. The summed E-state index contributed by atoms with van der Waals surface area (Å²) in [6.07, 6.45) is -0.120. The number of rotatable bonds is 11. The zero-order valence-corrected chi connectivity index (χ0v) is 12.9. The normalized spacial score (nSPS) is 10.9. The van der Waals surface area contributed by atoms with Crippen LogP contribution in [0, 0.1) is 5.92 Å². The Balaban J connectivity index is 3.25. The predicted octanol–water partition coefficient (Wildman–Crippen LogP) is 1.77. The molecule has 0 aromatic rings. The Kier molecular flexibility index (Phi) is 11.0. The predicted molar refractivity (Wildman–Crippen MR) is 75.7 cm³/mol. The van der Waals surface area contributed by atoms with Gasteiger partial charge < -0.3 is 19.5 Å². The molecule has 0 atom stereocenters. The Morgan fingerprint density at radius 1 is 0.950 bits per heavy atom. The highest BCUT2D eigenvalue weighted by Gasteiger charge is 2.06. The smallest absolute Gasteiger partial charge is 0.407 e. The van der Waals surface area contributed by atoms with E-state index in [2.05, 4.69) is 5.32 Å². The van der Waals surface area contributed by atoms with Gasteiger partial charge in [0.15, 0.2) is 0 Å². The molecule has 0 unspecified atom stereocenters. The highest BCUT2D eigenvalue weighted by Crippen LogP contribution is 1.98. The van der Waals surface area contributed by atoms with E-state index in [1.54, 1.807) is 13.8 Å². The van der Waals surface area contributed by atoms with Gasteiger partial charge >= 0.3 is 6.09 Å². The Morgan fingerprint density at radius 2 is 1.55 bits per heavy atom. The maximum atomic E-state index is 11.3. The summed E-state index contributed by atoms with van der Waals surface area (Å²) in [6, 6.07) is 0. The molecule has 0 aromatic heterocycles. The monoisotopic (exact) mass is 289 g/mol. The summed E-state index contributed by atoms with van der Waals surface area (Å²) in [7, 11) is 0. The molecule has 0 aliphatic rings. The molecular formula is C14H27NO5. The number of Topliss-reactive ketones (excluding diaryl/α,β-unsaturated/α-hetero) is 1. The Labute approximate surface area is 121 Å². The fraction of sp³-hybridized carbons (Fsp3) is 0.857. The van der Waals surface area contributed by atoms with Crippen molar-refractivity contribution in [2.75, 3.05) is 33.0 Å². The van der Waals surface area contributed by atoms with Crippen molar-refractivity contribution in [1.82, 2.24) is 5.32 Å². The zero-order valence-electron chi connectivity index (χ0n) is 12.9. The Hall–Kier alpha value is -1.14. The van der Waals surface area contributed by atoms with Gasteiger partial charge in [-0.1, -0.05) is 13.8 Å². The molecule has 0 heterocycles. The van der Waals surface area contributed by atoms with E-state index in [9.17, 15) is 9.59 Å². The van der Waals surface area contributed by atoms with Gasteiger partial charge in [0.2, 0.25) is 0 Å². The van der Waals surface area contributed by atoms with Crippen molar-refractivity contribution in [3.05, 3.63) is 0 Å². The van der Waals surface area contributed by atoms with Gasteiger partial charge in [-0.05, 0) is 13.8 Å². The quantitative estimate of drug-likeness (QED) is 0.587. The minimum atomic E-state index is -0.438. The molecule has 20 heavy (non-hydrogen) atoms. The van der Waals surface area contributed by atoms with Crippen LogP contribution in [0.15, 0.2) is 0 Å². The molecule has 0 bridgehead atoms. The number of amides is 1. The summed E-state index contributed by atoms with van der Waals surface area (Å²) < 4.78 is 15.4. The lowest BCUT2D eigenvalue weighted by molar-refractivity contribution is -0.123. The number of carbonyl (C=O) groups is 2. The van der Waals surface area contributed by atoms with E-state index in [1.165, 1.54) is 0 Å². The molecule has 0 fully saturated rings. The topological polar surface area (TPSA) is 73.9 Å². The summed E-state index contributed by atoms with van der Waals surface area (Å²) >= 11 is 0. The molecule has 0 aliphatic carbocycles. The number of alkyl carbamates (subject to hydrolysis) is 1. The molecule has 1 amide bonds. The molecule has 0 aromatic carbocycles. The van der Waals surface area contributed by atoms with Crippen LogP contribution in [0.3, 0.4) is 0 Å². The molecule has 0 saturated carbocycles. The first-order valence-electron chi connectivity index (χ1n) is 7.06. The third-order valence-corrected chi connectivity index (χ3v) is 2.37. The summed E-state index contributed by atoms with van der Waals surface area (Å²) in [4.78, 5) is 22.4. The van der Waals surface area contributed by atoms with E-state index in [0.29, 0.717) is 39.4 Å². The van der Waals surface area contributed by atoms with E-state index in [-0.39, 0.29) is 17.8 Å². The van der Waals surface area contributed by atoms with Gasteiger partial charge in [-0.25, -0.2) is 4.79 Å². The van der Waals surface area contributed by atoms with Crippen LogP contribution in [0.2, 0.25) is 0 Å². The SMILES string of the molecule is CC(C)OC(=O)NCCOCCOCCC(=O)C(C)C. The minimum absolute atomic E-state index is 0.0616. The van der Waals surface area contributed by atoms with Crippen molar-refractivity contribution in [3.63, 3.8) is 0 Å². The van der Waals surface area contributed by atoms with E-state index < -0.39 is 6.09 Å². The van der Waals surface area contributed by atoms with Crippen molar-refractivity contribution in [2.45, 2.75) is 40.2 Å². The Bertz CT molecular complexity index is 279. The molecule has 0 saturated heterocycles. The molecular weight excluding hydrogens is 262 g/mol. The molecule has 118 valence electrons. The summed E-state index contributed by atoms with van der Waals surface area (Å²) in [5.74, 6) is 0.269. The van der Waals surface area contributed by atoms with Crippen LogP contribution in [0.5, 0.6) is 0 Å². The van der Waals surface area contributed by atoms with Crippen LogP contribution in [-0.2, 0) is 19.0 Å². The Morgan fingerprint density at radius 3 is 2.10 bits per heavy atom. The van der Waals surface area contributed by atoms with Crippen LogP contribution in [0.1, 0.15) is 34.1 Å². The van der Waals surface area contributed by atoms with Crippen molar-refractivity contribution < 1.29 is 23.8 Å². The van der Waals surface area contributed by atoms with E-state index in [1.807, 2.05) is 13.8 Å². The first kappa shape index (κ1) is 18.9. The van der Waals surface area contributed by atoms with Crippen molar-refractivity contribution >= 4 is 11.9 Å². The second-order valence-corrected chi connectivity index (χ2v) is 4.98. The standard InChI is InChI=1S/C14H27NO5/c1-11(2)13(16)5-7-18-9-10-19-8-6-15-14(17)20-12(3)4/h11-12H,5-10H2,1-4H3,(H,15,17). The first-order chi connectivity index (χ1) is 9.43. The van der Waals surface area contributed by atoms with E-state index in [0.717, 1.165) is 0 Å². The van der Waals surface area contributed by atoms with Crippen LogP contribution in [-0.4, -0.2) is 51.0 Å². The van der Waals surface area contributed by atoms with Gasteiger partial charge in [-0.15, -0.1) is 0 Å². The number of hydrogen-bond acceptors (Lipinski definition) is 5. The third kappa shape index (κ3) is 11.9. The van der Waals surface area contributed by atoms with Crippen molar-refractivity contribution in [2.24, 2.45) is 5.92 Å². The average molecular weight is 289 g/mol. The van der Waals surface area contributed by atoms with Crippen LogP contribution in [0.25, 0.3) is 0 Å². The van der Waals surface area contributed by atoms with E-state index >= 15 is 0 Å². The lowest BCUT2D eigenvalue weighted by Gasteiger charge is -2.10. The molecule has 0 aliphatic heterocycles. The molecule has 0 rings (SSSR count). The molecule has 1 N–H and O–H groups in total. The molecule has 6 heteroatoms. The number of hydrogen-bond donors (Lipinski definition) is 1. The van der Waals surface area contributed by atoms with Gasteiger partial charge in [-0.3, -0.25) is 4.79 Å². The van der Waals surface area contributed by atoms with Crippen molar-refractivity contribution in [1.29, 1.82) is 0 Å². The number of ether oxygens (including phenoxy) is 3. The highest BCUT2D eigenvalue weighted by molar-refractivity contribution is 5.80. The lowest BCUT2D eigenvalue weighted by atomic mass is 10.1. The molecule has 6 nitrogen and oxygen atoms in total. The molecule has 0 spiro atoms. The first-order valence-corrected chi connectivity index (χ1v) is 7.06. The van der Waals surface area contributed by atoms with Crippen LogP contribution < -0.4 is 5.32 Å². The zero-order chi connectivity index (χ0) is 15.4. The maximum absolute atomic E-state index is 11.3. The number of nitrogens with one attached hydrogen (secondary N) is 1. The minimum Gasteiger partial charge on any atom is -0.447 e. The van der Waals surface area contributed by atoms with Crippen LogP contribution >= 0.6 is 0 Å². The van der Waals surface area contributed by atoms with Gasteiger partial charge in [-0.2, -0.15) is 0 Å². The summed E-state index contributed by atoms with van der Waals surface area (Å²) in [5.41, 5.74) is 0. The maximum Gasteiger partial charge on any atom is 0.407 e. The fourth-order valence-electron chi connectivity index (χ4n) is 1.26. The average Bonchev–Trinajstić information content (AvgIpc) is 2.35. The lowest BCUT2D eigenvalue weighted by Crippen LogP contribution is -2.30. The second kappa shape index (κ2) is 11.7. The fourth-order valence-corrected chi connectivity index (χ4v) is 1.26. The van der Waals surface area contributed by atoms with Gasteiger partial charge in [0.05, 0.1) is 32.5 Å². The second-order valence-electron chi connectivity index (χ2n) is 4.98. The van der Waals surface area contributed by atoms with Gasteiger partial charge in [0.1, 0.15) is 5.78 Å². The van der Waals surface area contributed by atoms with Crippen LogP contribution in [0.4, 0.5) is 4.79 Å². The van der Waals surface area contributed by atoms with Gasteiger partial charge in [0.25, 0.3) is 0 Å². The largest absolute Gasteiger partial charge is 0.447 e. The third-order valence-electron chi connectivity index (χ3n) is 2.37. The number of carbonyl (C=O) groups excluding carboxylic acids is 2. The summed E-state index contributed by atoms with van der Waals surface area (Å²) in [5, 5.41) is 2.57.